The topological polar surface area (TPSA) is 59.0 Å². The van der Waals surface area contributed by atoms with Crippen molar-refractivity contribution in [3.8, 4) is 0 Å². The van der Waals surface area contributed by atoms with Crippen LogP contribution >= 0.6 is 23.2 Å². The minimum Gasteiger partial charge on any atom is -0.546 e. The minimum absolute atomic E-state index is 0.430. The van der Waals surface area contributed by atoms with Crippen LogP contribution in [0.2, 0.25) is 10.0 Å². The summed E-state index contributed by atoms with van der Waals surface area (Å²) in [6, 6.07) is 5.02. The lowest BCUT2D eigenvalue weighted by Crippen LogP contribution is -2.51. The number of aliphatic carboxylic acids is 1. The van der Waals surface area contributed by atoms with Crippen LogP contribution in [0.15, 0.2) is 23.2 Å². The van der Waals surface area contributed by atoms with Crippen LogP contribution in [-0.2, 0) is 4.79 Å². The predicted octanol–water partition coefficient (Wildman–Crippen LogP) is 1.54. The standard InChI is InChI=1S/C12H13Cl2N3O2/c1-3-16-11(12(18)19)15-7(2)17(16)10-5-4-8(13)6-9(10)14/h4-6,11H,3H2,1-2H3,(H,18,19)/p-1. The Balaban J connectivity index is 2.43. The van der Waals surface area contributed by atoms with Crippen molar-refractivity contribution in [3.63, 3.8) is 0 Å². The monoisotopic (exact) mass is 300 g/mol. The van der Waals surface area contributed by atoms with Crippen LogP contribution in [0.1, 0.15) is 13.8 Å². The molecular formula is C12H12Cl2N3O2-. The maximum atomic E-state index is 11.1. The van der Waals surface area contributed by atoms with Crippen LogP contribution in [0.5, 0.6) is 0 Å². The van der Waals surface area contributed by atoms with Crippen LogP contribution in [0.3, 0.4) is 0 Å². The molecule has 0 saturated heterocycles. The van der Waals surface area contributed by atoms with Crippen LogP contribution in [-0.4, -0.2) is 29.5 Å². The smallest absolute Gasteiger partial charge is 0.161 e. The van der Waals surface area contributed by atoms with Crippen LogP contribution in [0, 0.1) is 0 Å². The highest BCUT2D eigenvalue weighted by Gasteiger charge is 2.33. The maximum absolute atomic E-state index is 11.1. The Bertz CT molecular complexity index is 548. The number of anilines is 1. The van der Waals surface area contributed by atoms with Crippen molar-refractivity contribution in [2.75, 3.05) is 11.6 Å². The lowest BCUT2D eigenvalue weighted by atomic mass is 10.3. The lowest BCUT2D eigenvalue weighted by Gasteiger charge is -2.32. The molecule has 1 unspecified atom stereocenters. The first-order chi connectivity index (χ1) is 8.95. The third-order valence-corrected chi connectivity index (χ3v) is 3.37. The molecule has 0 aromatic heterocycles. The number of likely N-dealkylation sites (N-methyl/N-ethyl adjacent to an activating group) is 1. The van der Waals surface area contributed by atoms with E-state index in [1.54, 1.807) is 35.1 Å². The summed E-state index contributed by atoms with van der Waals surface area (Å²) in [5.74, 6) is -0.700. The van der Waals surface area contributed by atoms with Gasteiger partial charge in [-0.1, -0.05) is 30.1 Å². The molecule has 1 aliphatic rings. The third-order valence-electron chi connectivity index (χ3n) is 2.83. The van der Waals surface area contributed by atoms with Crippen LogP contribution < -0.4 is 10.1 Å². The number of amidine groups is 1. The van der Waals surface area contributed by atoms with E-state index in [2.05, 4.69) is 4.99 Å². The van der Waals surface area contributed by atoms with Gasteiger partial charge in [0.1, 0.15) is 5.84 Å². The highest BCUT2D eigenvalue weighted by atomic mass is 35.5. The van der Waals surface area contributed by atoms with Gasteiger partial charge in [-0.3, -0.25) is 5.01 Å². The van der Waals surface area contributed by atoms with Crippen molar-refractivity contribution in [2.45, 2.75) is 20.0 Å². The number of benzene rings is 1. The van der Waals surface area contributed by atoms with E-state index in [4.69, 9.17) is 23.2 Å². The molecule has 5 nitrogen and oxygen atoms in total. The number of carboxylic acid groups (broad SMARTS) is 1. The molecule has 0 amide bonds. The predicted molar refractivity (Wildman–Crippen MR) is 73.2 cm³/mol. The number of aliphatic imine (C=N–C) groups is 1. The van der Waals surface area contributed by atoms with Crippen molar-refractivity contribution in [1.29, 1.82) is 0 Å². The molecule has 0 bridgehead atoms. The normalized spacial score (nSPS) is 19.7. The Hall–Kier alpha value is -1.30. The fourth-order valence-electron chi connectivity index (χ4n) is 2.05. The van der Waals surface area contributed by atoms with E-state index in [-0.39, 0.29) is 0 Å². The summed E-state index contributed by atoms with van der Waals surface area (Å²) >= 11 is 12.0. The summed E-state index contributed by atoms with van der Waals surface area (Å²) in [5.41, 5.74) is 0.637. The summed E-state index contributed by atoms with van der Waals surface area (Å²) in [6.45, 7) is 4.01. The molecule has 1 aromatic carbocycles. The second-order valence-corrected chi connectivity index (χ2v) is 4.88. The molecule has 7 heteroatoms. The number of carbonyl (C=O) groups excluding carboxylic acids is 1. The van der Waals surface area contributed by atoms with Gasteiger partial charge < -0.3 is 9.90 Å². The Kier molecular flexibility index (Phi) is 3.99. The van der Waals surface area contributed by atoms with Crippen LogP contribution in [0.25, 0.3) is 0 Å². The molecule has 2 rings (SSSR count). The van der Waals surface area contributed by atoms with Gasteiger partial charge in [0, 0.05) is 11.6 Å². The zero-order chi connectivity index (χ0) is 14.2. The number of nitrogens with zero attached hydrogens (tertiary/aromatic N) is 3. The van der Waals surface area contributed by atoms with Crippen molar-refractivity contribution in [1.82, 2.24) is 5.01 Å². The van der Waals surface area contributed by atoms with Gasteiger partial charge in [-0.15, -0.1) is 0 Å². The Morgan fingerprint density at radius 2 is 2.16 bits per heavy atom. The van der Waals surface area contributed by atoms with E-state index >= 15 is 0 Å². The van der Waals surface area contributed by atoms with Crippen molar-refractivity contribution < 1.29 is 9.90 Å². The van der Waals surface area contributed by atoms with Gasteiger partial charge in [0.2, 0.25) is 0 Å². The lowest BCUT2D eigenvalue weighted by molar-refractivity contribution is -0.311. The number of carbonyl (C=O) groups is 1. The van der Waals surface area contributed by atoms with Gasteiger partial charge in [0.15, 0.2) is 6.17 Å². The van der Waals surface area contributed by atoms with Gasteiger partial charge >= 0.3 is 0 Å². The highest BCUT2D eigenvalue weighted by molar-refractivity contribution is 6.36. The zero-order valence-corrected chi connectivity index (χ0v) is 11.9. The van der Waals surface area contributed by atoms with E-state index in [0.29, 0.717) is 28.1 Å². The molecule has 0 N–H and O–H groups in total. The Morgan fingerprint density at radius 3 is 2.68 bits per heavy atom. The van der Waals surface area contributed by atoms with Crippen molar-refractivity contribution in [3.05, 3.63) is 28.2 Å². The Labute approximate surface area is 121 Å². The molecule has 102 valence electrons. The van der Waals surface area contributed by atoms with Crippen molar-refractivity contribution >= 4 is 40.7 Å². The highest BCUT2D eigenvalue weighted by Crippen LogP contribution is 2.33. The zero-order valence-electron chi connectivity index (χ0n) is 10.4. The number of hydrogen-bond acceptors (Lipinski definition) is 5. The number of carboxylic acids is 1. The molecular weight excluding hydrogens is 289 g/mol. The van der Waals surface area contributed by atoms with E-state index in [1.807, 2.05) is 6.92 Å². The molecule has 0 radical (unpaired) electrons. The second kappa shape index (κ2) is 5.36. The summed E-state index contributed by atoms with van der Waals surface area (Å²) in [6.07, 6.45) is -1.03. The minimum atomic E-state index is -1.24. The summed E-state index contributed by atoms with van der Waals surface area (Å²) in [4.78, 5) is 15.2. The summed E-state index contributed by atoms with van der Waals surface area (Å²) in [5, 5.41) is 15.3. The maximum Gasteiger partial charge on any atom is 0.161 e. The number of halogens is 2. The molecule has 0 aliphatic carbocycles. The first-order valence-electron chi connectivity index (χ1n) is 5.72. The average molecular weight is 301 g/mol. The average Bonchev–Trinajstić information content (AvgIpc) is 2.66. The van der Waals surface area contributed by atoms with Gasteiger partial charge in [-0.05, 0) is 25.1 Å². The second-order valence-electron chi connectivity index (χ2n) is 4.03. The SMILES string of the molecule is CCN1C(C(=O)[O-])N=C(C)N1c1ccc(Cl)cc1Cl. The summed E-state index contributed by atoms with van der Waals surface area (Å²) in [7, 11) is 0. The van der Waals surface area contributed by atoms with Gasteiger partial charge in [0.05, 0.1) is 16.7 Å². The molecule has 1 atom stereocenters. The molecule has 1 aromatic rings. The van der Waals surface area contributed by atoms with E-state index in [9.17, 15) is 9.90 Å². The van der Waals surface area contributed by atoms with E-state index in [1.165, 1.54) is 0 Å². The van der Waals surface area contributed by atoms with E-state index in [0.717, 1.165) is 0 Å². The molecule has 0 fully saturated rings. The fraction of sp³-hybridized carbons (Fsp3) is 0.333. The van der Waals surface area contributed by atoms with Gasteiger partial charge in [-0.25, -0.2) is 4.99 Å². The summed E-state index contributed by atoms with van der Waals surface area (Å²) < 4.78 is 0. The van der Waals surface area contributed by atoms with Gasteiger partial charge in [-0.2, -0.15) is 5.01 Å². The molecule has 1 heterocycles. The third kappa shape index (κ3) is 2.54. The first-order valence-corrected chi connectivity index (χ1v) is 6.48. The van der Waals surface area contributed by atoms with Gasteiger partial charge in [0.25, 0.3) is 0 Å². The molecule has 0 saturated carbocycles. The first kappa shape index (κ1) is 14.1. The largest absolute Gasteiger partial charge is 0.546 e. The van der Waals surface area contributed by atoms with Crippen LogP contribution in [0.4, 0.5) is 5.69 Å². The quantitative estimate of drug-likeness (QED) is 0.850. The number of hydrogen-bond donors (Lipinski definition) is 0. The van der Waals surface area contributed by atoms with E-state index < -0.39 is 12.1 Å². The number of rotatable bonds is 3. The molecule has 1 aliphatic heterocycles. The Morgan fingerprint density at radius 1 is 1.47 bits per heavy atom. The van der Waals surface area contributed by atoms with Crippen molar-refractivity contribution in [2.24, 2.45) is 4.99 Å². The number of hydrazine groups is 1. The molecule has 0 spiro atoms. The fourth-order valence-corrected chi connectivity index (χ4v) is 2.54. The molecule has 19 heavy (non-hydrogen) atoms.